The van der Waals surface area contributed by atoms with Gasteiger partial charge in [-0.1, -0.05) is 17.8 Å². The number of fused-ring (bicyclic) bond motifs is 2. The average molecular weight is 822 g/mol. The molecule has 1 aromatic carbocycles. The molecular weight excluding hydrogens is 781 g/mol. The lowest BCUT2D eigenvalue weighted by Crippen LogP contribution is -2.22. The third-order valence-electron chi connectivity index (χ3n) is 10.1. The summed E-state index contributed by atoms with van der Waals surface area (Å²) in [6.45, 7) is 1.78. The van der Waals surface area contributed by atoms with Crippen LogP contribution < -0.4 is 30.7 Å². The zero-order chi connectivity index (χ0) is 42.7. The second kappa shape index (κ2) is 17.1. The fraction of sp³-hybridized carbons (Fsp3) is 0.283. The maximum atomic E-state index is 13.9. The topological polar surface area (TPSA) is 165 Å². The predicted octanol–water partition coefficient (Wildman–Crippen LogP) is 7.37. The molecule has 0 saturated heterocycles. The van der Waals surface area contributed by atoms with Gasteiger partial charge in [-0.15, -0.1) is 0 Å². The molecule has 2 amide bonds. The Morgan fingerprint density at radius 1 is 0.754 bits per heavy atom. The summed E-state index contributed by atoms with van der Waals surface area (Å²) in [7, 11) is 3.51. The van der Waals surface area contributed by atoms with E-state index in [0.717, 1.165) is 34.6 Å². The molecule has 2 atom stereocenters. The number of ether oxygens (including phenoxy) is 2. The molecule has 2 aliphatic carbocycles. The van der Waals surface area contributed by atoms with Crippen molar-refractivity contribution in [2.45, 2.75) is 44.7 Å². The van der Waals surface area contributed by atoms with Gasteiger partial charge in [0.05, 0.1) is 16.8 Å². The van der Waals surface area contributed by atoms with Gasteiger partial charge in [0.1, 0.15) is 52.7 Å². The van der Waals surface area contributed by atoms with E-state index in [1.807, 2.05) is 0 Å². The number of hydrogen-bond donors (Lipinski definition) is 4. The van der Waals surface area contributed by atoms with Crippen molar-refractivity contribution in [3.63, 3.8) is 0 Å². The number of rotatable bonds is 12. The molecule has 2 aliphatic rings. The van der Waals surface area contributed by atoms with Crippen LogP contribution in [-0.4, -0.2) is 70.0 Å². The number of nitrogens with zero attached hydrogens (tertiary/aromatic N) is 5. The Hall–Kier alpha value is -7.39. The molecular formula is C46H41F2N9O4. The fourth-order valence-electron chi connectivity index (χ4n) is 6.72. The van der Waals surface area contributed by atoms with Gasteiger partial charge in [0.25, 0.3) is 0 Å². The number of pyridine rings is 5. The van der Waals surface area contributed by atoms with Crippen LogP contribution in [0.5, 0.6) is 11.5 Å². The van der Waals surface area contributed by atoms with Crippen molar-refractivity contribution in [3.05, 3.63) is 101 Å². The molecule has 308 valence electrons. The van der Waals surface area contributed by atoms with Crippen LogP contribution in [-0.2, 0) is 9.59 Å². The number of carbonyl (C=O) groups excluding carboxylic acids is 2. The normalized spacial score (nSPS) is 15.4. The van der Waals surface area contributed by atoms with E-state index < -0.39 is 18.4 Å². The van der Waals surface area contributed by atoms with Crippen LogP contribution in [0.25, 0.3) is 21.5 Å². The van der Waals surface area contributed by atoms with E-state index in [2.05, 4.69) is 64.9 Å². The summed E-state index contributed by atoms with van der Waals surface area (Å²) in [4.78, 5) is 48.8. The highest BCUT2D eigenvalue weighted by Gasteiger charge is 2.47. The first-order valence-electron chi connectivity index (χ1n) is 19.7. The van der Waals surface area contributed by atoms with E-state index in [1.54, 1.807) is 87.4 Å². The van der Waals surface area contributed by atoms with Crippen molar-refractivity contribution >= 4 is 56.6 Å². The summed E-state index contributed by atoms with van der Waals surface area (Å²) in [5, 5.41) is 14.9. The SMILES string of the molecule is CNc1ncc(C#Cc2ccc(OCF)c(C3CC3C(=O)Nc3cc4c(C#Cc5ccc(OCC(C)(C)F)cc5)cnc(NC)c4cn3)n2)c2cc(NC(=O)C3CC3)ncc12. The Labute approximate surface area is 350 Å². The van der Waals surface area contributed by atoms with Gasteiger partial charge < -0.3 is 30.7 Å². The predicted molar refractivity (Wildman–Crippen MR) is 229 cm³/mol. The van der Waals surface area contributed by atoms with Gasteiger partial charge in [-0.2, -0.15) is 0 Å². The van der Waals surface area contributed by atoms with Crippen LogP contribution in [0, 0.1) is 35.5 Å². The van der Waals surface area contributed by atoms with Gasteiger partial charge in [-0.25, -0.2) is 33.7 Å². The number of nitrogens with one attached hydrogen (secondary N) is 4. The molecule has 2 saturated carbocycles. The van der Waals surface area contributed by atoms with Gasteiger partial charge in [-0.3, -0.25) is 9.59 Å². The molecule has 13 nitrogen and oxygen atoms in total. The number of carbonyl (C=O) groups is 2. The van der Waals surface area contributed by atoms with Crippen molar-refractivity contribution in [1.82, 2.24) is 24.9 Å². The Morgan fingerprint density at radius 3 is 1.93 bits per heavy atom. The Bertz CT molecular complexity index is 2800. The summed E-state index contributed by atoms with van der Waals surface area (Å²) in [6, 6.07) is 13.8. The van der Waals surface area contributed by atoms with Crippen molar-refractivity contribution < 1.29 is 27.8 Å². The van der Waals surface area contributed by atoms with Crippen LogP contribution >= 0.6 is 0 Å². The first-order chi connectivity index (χ1) is 29.5. The Morgan fingerprint density at radius 2 is 1.36 bits per heavy atom. The third-order valence-corrected chi connectivity index (χ3v) is 10.1. The highest BCUT2D eigenvalue weighted by molar-refractivity contribution is 6.01. The molecule has 2 unspecified atom stereocenters. The van der Waals surface area contributed by atoms with Crippen LogP contribution in [0.3, 0.4) is 0 Å². The zero-order valence-electron chi connectivity index (χ0n) is 33.8. The highest BCUT2D eigenvalue weighted by Crippen LogP contribution is 2.50. The van der Waals surface area contributed by atoms with E-state index in [0.29, 0.717) is 63.3 Å². The van der Waals surface area contributed by atoms with Crippen molar-refractivity contribution in [1.29, 1.82) is 0 Å². The molecule has 8 rings (SSSR count). The maximum absolute atomic E-state index is 13.9. The number of benzene rings is 1. The molecule has 6 aromatic rings. The van der Waals surface area contributed by atoms with Crippen LogP contribution in [0.1, 0.15) is 67.1 Å². The number of anilines is 4. The molecule has 4 N–H and O–H groups in total. The van der Waals surface area contributed by atoms with Gasteiger partial charge in [0.2, 0.25) is 18.7 Å². The minimum atomic E-state index is -1.45. The summed E-state index contributed by atoms with van der Waals surface area (Å²) < 4.78 is 38.2. The minimum Gasteiger partial charge on any atom is -0.490 e. The zero-order valence-corrected chi connectivity index (χ0v) is 33.8. The van der Waals surface area contributed by atoms with E-state index in [-0.39, 0.29) is 36.0 Å². The second-order valence-corrected chi connectivity index (χ2v) is 15.3. The lowest BCUT2D eigenvalue weighted by atomic mass is 10.1. The molecule has 15 heteroatoms. The van der Waals surface area contributed by atoms with Gasteiger partial charge >= 0.3 is 0 Å². The number of amides is 2. The smallest absolute Gasteiger partial charge is 0.229 e. The van der Waals surface area contributed by atoms with Gasteiger partial charge in [0, 0.05) is 83.7 Å². The molecule has 61 heavy (non-hydrogen) atoms. The summed E-state index contributed by atoms with van der Waals surface area (Å²) in [6.07, 6.45) is 8.75. The quantitative estimate of drug-likeness (QED) is 0.0911. The van der Waals surface area contributed by atoms with Crippen LogP contribution in [0.15, 0.2) is 73.3 Å². The summed E-state index contributed by atoms with van der Waals surface area (Å²) >= 11 is 0. The molecule has 0 radical (unpaired) electrons. The molecule has 0 aliphatic heterocycles. The number of hydrogen-bond acceptors (Lipinski definition) is 11. The molecule has 2 fully saturated rings. The molecule has 5 heterocycles. The Balaban J connectivity index is 1.01. The third kappa shape index (κ3) is 9.42. The van der Waals surface area contributed by atoms with E-state index in [1.165, 1.54) is 13.8 Å². The second-order valence-electron chi connectivity index (χ2n) is 15.3. The summed E-state index contributed by atoms with van der Waals surface area (Å²) in [5.41, 5.74) is 1.28. The fourth-order valence-corrected chi connectivity index (χ4v) is 6.72. The van der Waals surface area contributed by atoms with Crippen molar-refractivity contribution in [2.75, 3.05) is 48.8 Å². The van der Waals surface area contributed by atoms with Crippen LogP contribution in [0.4, 0.5) is 32.1 Å². The minimum absolute atomic E-state index is 0.0188. The van der Waals surface area contributed by atoms with E-state index in [9.17, 15) is 18.4 Å². The van der Waals surface area contributed by atoms with Crippen LogP contribution in [0.2, 0.25) is 0 Å². The van der Waals surface area contributed by atoms with E-state index >= 15 is 0 Å². The van der Waals surface area contributed by atoms with Crippen molar-refractivity contribution in [2.24, 2.45) is 11.8 Å². The largest absolute Gasteiger partial charge is 0.490 e. The van der Waals surface area contributed by atoms with Gasteiger partial charge in [-0.05, 0) is 87.6 Å². The van der Waals surface area contributed by atoms with Gasteiger partial charge in [0.15, 0.2) is 0 Å². The number of alkyl halides is 2. The molecule has 0 spiro atoms. The van der Waals surface area contributed by atoms with E-state index in [4.69, 9.17) is 14.5 Å². The monoisotopic (exact) mass is 821 g/mol. The highest BCUT2D eigenvalue weighted by atomic mass is 19.1. The van der Waals surface area contributed by atoms with Crippen molar-refractivity contribution in [3.8, 4) is 35.2 Å². The first kappa shape index (κ1) is 40.4. The standard InChI is InChI=1S/C46H41F2N9O4/c1-46(2,48)24-60-31-14-6-26(7-15-31)5-8-28-20-53-42(49-3)36-23-52-40(19-32(28)36)57-45(59)35-17-34(35)41-38(61-25-47)16-13-30(55-41)12-11-29-21-54-43(50-4)37-22-51-39(18-33(29)37)56-44(58)27-9-10-27/h6-7,13-16,18-23,27,34-35H,9-10,17,24-25H2,1-4H3,(H,49,53)(H,50,54)(H,51,56,58)(H,52,57,59). The average Bonchev–Trinajstić information content (AvgIpc) is 4.20. The summed E-state index contributed by atoms with van der Waals surface area (Å²) in [5.74, 6) is 14.1. The lowest BCUT2D eigenvalue weighted by Gasteiger charge is -2.15. The number of halogens is 2. The lowest BCUT2D eigenvalue weighted by molar-refractivity contribution is -0.118. The number of aromatic nitrogens is 5. The maximum Gasteiger partial charge on any atom is 0.229 e. The molecule has 5 aromatic heterocycles. The molecule has 0 bridgehead atoms. The first-order valence-corrected chi connectivity index (χ1v) is 19.7. The Kier molecular flexibility index (Phi) is 11.3.